The second-order valence-electron chi connectivity index (χ2n) is 6.49. The number of alkyl halides is 3. The lowest BCUT2D eigenvalue weighted by Gasteiger charge is -2.17. The predicted octanol–water partition coefficient (Wildman–Crippen LogP) is 3.87. The molecule has 3 aromatic rings. The summed E-state index contributed by atoms with van der Waals surface area (Å²) in [5.74, 6) is 0.248. The van der Waals surface area contributed by atoms with Crippen LogP contribution in [-0.4, -0.2) is 18.8 Å². The zero-order valence-corrected chi connectivity index (χ0v) is 16.8. The average molecular weight is 440 g/mol. The molecular weight excluding hydrogens is 425 g/mol. The van der Waals surface area contributed by atoms with Gasteiger partial charge in [-0.1, -0.05) is 12.1 Å². The zero-order chi connectivity index (χ0) is 23.6. The van der Waals surface area contributed by atoms with E-state index in [2.05, 4.69) is 0 Å². The summed E-state index contributed by atoms with van der Waals surface area (Å²) in [6, 6.07) is 12.0. The van der Waals surface area contributed by atoms with E-state index in [0.717, 1.165) is 22.8 Å². The number of methoxy groups -OCH3 is 2. The number of rotatable bonds is 4. The van der Waals surface area contributed by atoms with Crippen molar-refractivity contribution in [2.45, 2.75) is 6.18 Å². The van der Waals surface area contributed by atoms with Crippen LogP contribution in [0.1, 0.15) is 16.7 Å². The topological polar surface area (TPSA) is 114 Å². The lowest BCUT2D eigenvalue weighted by molar-refractivity contribution is -0.137. The fraction of sp³-hybridized carbons (Fsp3) is 0.136. The van der Waals surface area contributed by atoms with Crippen LogP contribution < -0.4 is 20.8 Å². The molecule has 0 saturated heterocycles. The van der Waals surface area contributed by atoms with Crippen molar-refractivity contribution < 1.29 is 22.6 Å². The Kier molecular flexibility index (Phi) is 5.81. The quantitative estimate of drug-likeness (QED) is 0.659. The number of pyridine rings is 1. The second-order valence-corrected chi connectivity index (χ2v) is 6.49. The molecule has 0 unspecified atom stereocenters. The number of aromatic nitrogens is 1. The highest BCUT2D eigenvalue weighted by atomic mass is 19.4. The second kappa shape index (κ2) is 8.36. The maximum atomic E-state index is 13.1. The highest BCUT2D eigenvalue weighted by molar-refractivity contribution is 5.82. The predicted molar refractivity (Wildman–Crippen MR) is 109 cm³/mol. The fourth-order valence-electron chi connectivity index (χ4n) is 3.27. The molecule has 162 valence electrons. The first kappa shape index (κ1) is 22.2. The fourth-order valence-corrected chi connectivity index (χ4v) is 3.27. The van der Waals surface area contributed by atoms with E-state index in [1.54, 1.807) is 6.07 Å². The third kappa shape index (κ3) is 3.70. The van der Waals surface area contributed by atoms with Crippen molar-refractivity contribution in [1.82, 2.24) is 4.57 Å². The lowest BCUT2D eigenvalue weighted by Crippen LogP contribution is -2.26. The molecule has 1 aromatic heterocycles. The Hall–Kier alpha value is -4.44. The van der Waals surface area contributed by atoms with Crippen molar-refractivity contribution in [2.75, 3.05) is 20.0 Å². The Labute approximate surface area is 180 Å². The van der Waals surface area contributed by atoms with Gasteiger partial charge in [0.1, 0.15) is 29.1 Å². The van der Waals surface area contributed by atoms with E-state index in [9.17, 15) is 28.5 Å². The van der Waals surface area contributed by atoms with E-state index in [0.29, 0.717) is 5.75 Å². The molecule has 0 aliphatic rings. The molecule has 1 heterocycles. The molecule has 2 aromatic carbocycles. The van der Waals surface area contributed by atoms with Gasteiger partial charge in [-0.05, 0) is 35.9 Å². The van der Waals surface area contributed by atoms with Gasteiger partial charge in [0.2, 0.25) is 0 Å². The Morgan fingerprint density at radius 1 is 0.969 bits per heavy atom. The number of anilines is 1. The van der Waals surface area contributed by atoms with E-state index in [1.807, 2.05) is 6.07 Å². The van der Waals surface area contributed by atoms with Crippen LogP contribution in [-0.2, 0) is 6.18 Å². The number of nitriles is 2. The number of halogens is 3. The molecule has 32 heavy (non-hydrogen) atoms. The summed E-state index contributed by atoms with van der Waals surface area (Å²) < 4.78 is 50.6. The maximum absolute atomic E-state index is 13.1. The van der Waals surface area contributed by atoms with Gasteiger partial charge in [-0.15, -0.1) is 0 Å². The van der Waals surface area contributed by atoms with E-state index < -0.39 is 28.7 Å². The van der Waals surface area contributed by atoms with E-state index in [1.165, 1.54) is 38.5 Å². The standard InChI is InChI=1S/C22H15F3N4O3/c1-31-17-7-6-12(8-18(17)32-2)19-15(10-26)20(28)29(21(30)16(19)11-27)14-5-3-4-13(9-14)22(23,24)25/h3-9H,28H2,1-2H3. The third-order valence-electron chi connectivity index (χ3n) is 4.74. The molecule has 0 atom stereocenters. The van der Waals surface area contributed by atoms with Crippen LogP contribution in [0, 0.1) is 22.7 Å². The van der Waals surface area contributed by atoms with Crippen molar-refractivity contribution in [3.63, 3.8) is 0 Å². The molecular formula is C22H15F3N4O3. The van der Waals surface area contributed by atoms with Crippen LogP contribution in [0.25, 0.3) is 16.8 Å². The van der Waals surface area contributed by atoms with E-state index in [4.69, 9.17) is 15.2 Å². The summed E-state index contributed by atoms with van der Waals surface area (Å²) in [6.07, 6.45) is -4.66. The van der Waals surface area contributed by atoms with Gasteiger partial charge in [0.25, 0.3) is 5.56 Å². The monoisotopic (exact) mass is 440 g/mol. The van der Waals surface area contributed by atoms with Gasteiger partial charge < -0.3 is 15.2 Å². The van der Waals surface area contributed by atoms with Gasteiger partial charge in [0.15, 0.2) is 11.5 Å². The SMILES string of the molecule is COc1ccc(-c2c(C#N)c(N)n(-c3cccc(C(F)(F)F)c3)c(=O)c2C#N)cc1OC. The van der Waals surface area contributed by atoms with Crippen LogP contribution in [0.15, 0.2) is 47.3 Å². The smallest absolute Gasteiger partial charge is 0.416 e. The average Bonchev–Trinajstić information content (AvgIpc) is 2.78. The number of hydrogen-bond donors (Lipinski definition) is 1. The number of nitrogens with zero attached hydrogens (tertiary/aromatic N) is 3. The Balaban J connectivity index is 2.38. The largest absolute Gasteiger partial charge is 0.493 e. The van der Waals surface area contributed by atoms with Gasteiger partial charge in [-0.3, -0.25) is 9.36 Å². The molecule has 0 bridgehead atoms. The van der Waals surface area contributed by atoms with Crippen molar-refractivity contribution in [1.29, 1.82) is 10.5 Å². The molecule has 2 N–H and O–H groups in total. The van der Waals surface area contributed by atoms with Gasteiger partial charge >= 0.3 is 6.18 Å². The first-order valence-corrected chi connectivity index (χ1v) is 8.96. The van der Waals surface area contributed by atoms with E-state index >= 15 is 0 Å². The minimum atomic E-state index is -4.66. The van der Waals surface area contributed by atoms with E-state index in [-0.39, 0.29) is 28.1 Å². The normalized spacial score (nSPS) is 10.8. The molecule has 10 heteroatoms. The molecule has 0 fully saturated rings. The molecule has 0 amide bonds. The number of ether oxygens (including phenoxy) is 2. The maximum Gasteiger partial charge on any atom is 0.416 e. The van der Waals surface area contributed by atoms with Gasteiger partial charge in [-0.2, -0.15) is 23.7 Å². The molecule has 0 aliphatic heterocycles. The minimum absolute atomic E-state index is 0.0540. The number of nitrogens with two attached hydrogens (primary N) is 1. The Morgan fingerprint density at radius 3 is 2.19 bits per heavy atom. The molecule has 0 radical (unpaired) electrons. The van der Waals surface area contributed by atoms with Crippen LogP contribution in [0.5, 0.6) is 11.5 Å². The molecule has 0 spiro atoms. The third-order valence-corrected chi connectivity index (χ3v) is 4.74. The van der Waals surface area contributed by atoms with Gasteiger partial charge in [0.05, 0.1) is 25.5 Å². The number of nitrogen functional groups attached to an aromatic ring is 1. The highest BCUT2D eigenvalue weighted by Crippen LogP contribution is 2.37. The van der Waals surface area contributed by atoms with Crippen molar-refractivity contribution in [2.24, 2.45) is 0 Å². The van der Waals surface area contributed by atoms with Crippen molar-refractivity contribution >= 4 is 5.82 Å². The number of hydrogen-bond acceptors (Lipinski definition) is 6. The Bertz CT molecular complexity index is 1350. The van der Waals surface area contributed by atoms with Gasteiger partial charge in [-0.25, -0.2) is 0 Å². The molecule has 0 aliphatic carbocycles. The first-order valence-electron chi connectivity index (χ1n) is 8.96. The summed E-state index contributed by atoms with van der Waals surface area (Å²) >= 11 is 0. The van der Waals surface area contributed by atoms with Crippen LogP contribution in [0.3, 0.4) is 0 Å². The van der Waals surface area contributed by atoms with Crippen LogP contribution in [0.4, 0.5) is 19.0 Å². The van der Waals surface area contributed by atoms with Crippen molar-refractivity contribution in [3.05, 3.63) is 69.5 Å². The van der Waals surface area contributed by atoms with Crippen LogP contribution >= 0.6 is 0 Å². The first-order chi connectivity index (χ1) is 15.2. The summed E-state index contributed by atoms with van der Waals surface area (Å²) in [5.41, 5.74) is 3.38. The molecule has 0 saturated carbocycles. The summed E-state index contributed by atoms with van der Waals surface area (Å²) in [5, 5.41) is 19.5. The Morgan fingerprint density at radius 2 is 1.62 bits per heavy atom. The zero-order valence-electron chi connectivity index (χ0n) is 16.8. The van der Waals surface area contributed by atoms with Gasteiger partial charge in [0, 0.05) is 5.56 Å². The summed E-state index contributed by atoms with van der Waals surface area (Å²) in [4.78, 5) is 13.1. The van der Waals surface area contributed by atoms with Crippen molar-refractivity contribution in [3.8, 4) is 40.5 Å². The summed E-state index contributed by atoms with van der Waals surface area (Å²) in [7, 11) is 2.81. The lowest BCUT2D eigenvalue weighted by atomic mass is 9.95. The summed E-state index contributed by atoms with van der Waals surface area (Å²) in [6.45, 7) is 0. The molecule has 7 nitrogen and oxygen atoms in total. The molecule has 3 rings (SSSR count). The van der Waals surface area contributed by atoms with Crippen LogP contribution in [0.2, 0.25) is 0 Å². The number of benzene rings is 2. The highest BCUT2D eigenvalue weighted by Gasteiger charge is 2.31. The minimum Gasteiger partial charge on any atom is -0.493 e.